The topological polar surface area (TPSA) is 228 Å². The molecule has 14 heteroatoms. The SMILES string of the molecule is CCCCCCCC(O)C(COC1OC(CO)C(OC2OC(CO)C(O)C(O)C2O)C(O)C1O)NC(=O)CCC. The van der Waals surface area contributed by atoms with Crippen LogP contribution in [0, 0.1) is 0 Å². The molecule has 12 unspecified atom stereocenters. The summed E-state index contributed by atoms with van der Waals surface area (Å²) < 4.78 is 22.1. The van der Waals surface area contributed by atoms with E-state index in [0.29, 0.717) is 12.8 Å². The number of ether oxygens (including phenoxy) is 4. The zero-order valence-electron chi connectivity index (χ0n) is 23.3. The van der Waals surface area contributed by atoms with Crippen molar-refractivity contribution in [2.45, 2.75) is 139 Å². The molecule has 0 saturated carbocycles. The van der Waals surface area contributed by atoms with Crippen LogP contribution >= 0.6 is 0 Å². The van der Waals surface area contributed by atoms with E-state index < -0.39 is 86.8 Å². The number of unbranched alkanes of at least 4 members (excludes halogenated alkanes) is 4. The van der Waals surface area contributed by atoms with Gasteiger partial charge in [-0.05, 0) is 12.8 Å². The van der Waals surface area contributed by atoms with Gasteiger partial charge in [-0.3, -0.25) is 4.79 Å². The monoisotopic (exact) mass is 583 g/mol. The number of carbonyl (C=O) groups excluding carboxylic acids is 1. The number of carbonyl (C=O) groups is 1. The van der Waals surface area contributed by atoms with Crippen LogP contribution in [0.4, 0.5) is 0 Å². The molecule has 0 aliphatic carbocycles. The van der Waals surface area contributed by atoms with Gasteiger partial charge in [0, 0.05) is 6.42 Å². The third-order valence-electron chi connectivity index (χ3n) is 7.29. The van der Waals surface area contributed by atoms with Crippen LogP contribution in [-0.2, 0) is 23.7 Å². The lowest BCUT2D eigenvalue weighted by molar-refractivity contribution is -0.359. The van der Waals surface area contributed by atoms with Gasteiger partial charge in [0.05, 0.1) is 32.0 Å². The quantitative estimate of drug-likeness (QED) is 0.0817. The van der Waals surface area contributed by atoms with Crippen LogP contribution in [0.5, 0.6) is 0 Å². The molecule has 0 radical (unpaired) electrons. The Hall–Kier alpha value is -1.01. The molecule has 236 valence electrons. The van der Waals surface area contributed by atoms with Crippen LogP contribution in [0.2, 0.25) is 0 Å². The van der Waals surface area contributed by atoms with Crippen LogP contribution in [0.15, 0.2) is 0 Å². The van der Waals surface area contributed by atoms with E-state index in [9.17, 15) is 45.6 Å². The Kier molecular flexibility index (Phi) is 15.7. The highest BCUT2D eigenvalue weighted by Gasteiger charge is 2.50. The van der Waals surface area contributed by atoms with Crippen LogP contribution in [0.1, 0.15) is 65.2 Å². The van der Waals surface area contributed by atoms with Gasteiger partial charge in [0.1, 0.15) is 48.8 Å². The number of hydrogen-bond donors (Lipinski definition) is 9. The van der Waals surface area contributed by atoms with Gasteiger partial charge in [-0.15, -0.1) is 0 Å². The summed E-state index contributed by atoms with van der Waals surface area (Å²) in [4.78, 5) is 12.3. The Morgan fingerprint density at radius 1 is 0.800 bits per heavy atom. The Bertz CT molecular complexity index is 714. The fourth-order valence-corrected chi connectivity index (χ4v) is 4.80. The van der Waals surface area contributed by atoms with E-state index in [1.165, 1.54) is 0 Å². The number of nitrogens with one attached hydrogen (secondary N) is 1. The summed E-state index contributed by atoms with van der Waals surface area (Å²) >= 11 is 0. The molecule has 2 rings (SSSR count). The van der Waals surface area contributed by atoms with Crippen molar-refractivity contribution in [2.24, 2.45) is 0 Å². The molecule has 2 aliphatic rings. The molecular weight excluding hydrogens is 534 g/mol. The summed E-state index contributed by atoms with van der Waals surface area (Å²) in [5, 5.41) is 84.5. The maximum Gasteiger partial charge on any atom is 0.220 e. The highest BCUT2D eigenvalue weighted by molar-refractivity contribution is 5.76. The van der Waals surface area contributed by atoms with Gasteiger partial charge in [0.15, 0.2) is 12.6 Å². The second-order valence-corrected chi connectivity index (χ2v) is 10.5. The first kappa shape index (κ1) is 35.2. The minimum absolute atomic E-state index is 0.254. The second kappa shape index (κ2) is 17.8. The molecule has 40 heavy (non-hydrogen) atoms. The van der Waals surface area contributed by atoms with Gasteiger partial charge < -0.3 is 65.1 Å². The van der Waals surface area contributed by atoms with Gasteiger partial charge in [0.25, 0.3) is 0 Å². The van der Waals surface area contributed by atoms with Crippen LogP contribution in [0.25, 0.3) is 0 Å². The Labute approximate surface area is 234 Å². The number of rotatable bonds is 17. The summed E-state index contributed by atoms with van der Waals surface area (Å²) in [7, 11) is 0. The molecule has 2 heterocycles. The van der Waals surface area contributed by atoms with Crippen molar-refractivity contribution < 1.29 is 64.6 Å². The summed E-state index contributed by atoms with van der Waals surface area (Å²) in [6.07, 6.45) is -10.4. The number of aliphatic hydroxyl groups excluding tert-OH is 8. The molecule has 2 saturated heterocycles. The van der Waals surface area contributed by atoms with E-state index >= 15 is 0 Å². The average Bonchev–Trinajstić information content (AvgIpc) is 2.94. The predicted molar refractivity (Wildman–Crippen MR) is 139 cm³/mol. The molecule has 14 nitrogen and oxygen atoms in total. The van der Waals surface area contributed by atoms with Crippen molar-refractivity contribution in [1.29, 1.82) is 0 Å². The molecule has 0 bridgehead atoms. The normalized spacial score (nSPS) is 36.2. The first-order valence-electron chi connectivity index (χ1n) is 14.3. The standard InChI is InChI=1S/C26H49NO13/c1-3-5-6-7-8-10-15(30)14(27-18(31)9-4-2)13-37-25-23(36)21(34)24(17(12-29)39-25)40-26-22(35)20(33)19(32)16(11-28)38-26/h14-17,19-26,28-30,32-36H,3-13H2,1-2H3,(H,27,31). The fourth-order valence-electron chi connectivity index (χ4n) is 4.80. The minimum Gasteiger partial charge on any atom is -0.394 e. The van der Waals surface area contributed by atoms with E-state index in [4.69, 9.17) is 18.9 Å². The number of hydrogen-bond acceptors (Lipinski definition) is 13. The van der Waals surface area contributed by atoms with Gasteiger partial charge in [-0.25, -0.2) is 0 Å². The maximum atomic E-state index is 12.3. The average molecular weight is 584 g/mol. The van der Waals surface area contributed by atoms with E-state index in [-0.39, 0.29) is 18.9 Å². The largest absolute Gasteiger partial charge is 0.394 e. The van der Waals surface area contributed by atoms with Gasteiger partial charge >= 0.3 is 0 Å². The van der Waals surface area contributed by atoms with Crippen molar-refractivity contribution in [1.82, 2.24) is 5.32 Å². The Balaban J connectivity index is 2.03. The smallest absolute Gasteiger partial charge is 0.220 e. The molecule has 0 aromatic carbocycles. The maximum absolute atomic E-state index is 12.3. The third-order valence-corrected chi connectivity index (χ3v) is 7.29. The van der Waals surface area contributed by atoms with Gasteiger partial charge in [0.2, 0.25) is 5.91 Å². The summed E-state index contributed by atoms with van der Waals surface area (Å²) in [5.74, 6) is -0.271. The predicted octanol–water partition coefficient (Wildman–Crippen LogP) is -2.37. The van der Waals surface area contributed by atoms with Gasteiger partial charge in [-0.2, -0.15) is 0 Å². The van der Waals surface area contributed by atoms with Crippen molar-refractivity contribution in [3.8, 4) is 0 Å². The van der Waals surface area contributed by atoms with Crippen LogP contribution in [-0.4, -0.2) is 140 Å². The molecule has 0 spiro atoms. The van der Waals surface area contributed by atoms with Crippen LogP contribution < -0.4 is 5.32 Å². The summed E-state index contributed by atoms with van der Waals surface area (Å²) in [6, 6.07) is -0.811. The summed E-state index contributed by atoms with van der Waals surface area (Å²) in [5.41, 5.74) is 0. The molecule has 12 atom stereocenters. The van der Waals surface area contributed by atoms with Crippen molar-refractivity contribution in [3.63, 3.8) is 0 Å². The molecule has 2 aliphatic heterocycles. The van der Waals surface area contributed by atoms with E-state index in [0.717, 1.165) is 32.1 Å². The first-order valence-corrected chi connectivity index (χ1v) is 14.3. The molecule has 0 aromatic rings. The van der Waals surface area contributed by atoms with Gasteiger partial charge in [-0.1, -0.05) is 46.0 Å². The first-order chi connectivity index (χ1) is 19.1. The fraction of sp³-hybridized carbons (Fsp3) is 0.962. The second-order valence-electron chi connectivity index (χ2n) is 10.5. The molecule has 1 amide bonds. The van der Waals surface area contributed by atoms with E-state index in [1.54, 1.807) is 0 Å². The molecule has 2 fully saturated rings. The zero-order valence-corrected chi connectivity index (χ0v) is 23.3. The Morgan fingerprint density at radius 2 is 1.43 bits per heavy atom. The molecule has 0 aromatic heterocycles. The number of amides is 1. The lowest BCUT2D eigenvalue weighted by atomic mass is 9.97. The van der Waals surface area contributed by atoms with Crippen molar-refractivity contribution >= 4 is 5.91 Å². The number of aliphatic hydroxyl groups is 8. The highest BCUT2D eigenvalue weighted by atomic mass is 16.7. The Morgan fingerprint density at radius 3 is 2.05 bits per heavy atom. The lowest BCUT2D eigenvalue weighted by Crippen LogP contribution is -2.65. The van der Waals surface area contributed by atoms with Crippen molar-refractivity contribution in [2.75, 3.05) is 19.8 Å². The van der Waals surface area contributed by atoms with Crippen molar-refractivity contribution in [3.05, 3.63) is 0 Å². The van der Waals surface area contributed by atoms with E-state index in [2.05, 4.69) is 12.2 Å². The summed E-state index contributed by atoms with van der Waals surface area (Å²) in [6.45, 7) is 2.30. The van der Waals surface area contributed by atoms with E-state index in [1.807, 2.05) is 6.92 Å². The zero-order chi connectivity index (χ0) is 29.8. The highest BCUT2D eigenvalue weighted by Crippen LogP contribution is 2.29. The lowest BCUT2D eigenvalue weighted by Gasteiger charge is -2.46. The van der Waals surface area contributed by atoms with Crippen LogP contribution in [0.3, 0.4) is 0 Å². The molecule has 9 N–H and O–H groups in total. The third kappa shape index (κ3) is 9.78. The minimum atomic E-state index is -1.77. The molecular formula is C26H49NO13.